The maximum absolute atomic E-state index is 5.78. The second-order valence-corrected chi connectivity index (χ2v) is 9.03. The zero-order chi connectivity index (χ0) is 21.1. The van der Waals surface area contributed by atoms with E-state index in [1.165, 1.54) is 20.5 Å². The third-order valence-corrected chi connectivity index (χ3v) is 7.26. The molecule has 156 valence electrons. The van der Waals surface area contributed by atoms with Crippen LogP contribution >= 0.6 is 34.8 Å². The third kappa shape index (κ3) is 4.32. The number of pyridine rings is 1. The lowest BCUT2D eigenvalue weighted by Gasteiger charge is -2.28. The fraction of sp³-hybridized carbons (Fsp3) is 0.304. The fourth-order valence-corrected chi connectivity index (χ4v) is 5.31. The summed E-state index contributed by atoms with van der Waals surface area (Å²) >= 11 is 8.24. The first-order chi connectivity index (χ1) is 14.6. The molecule has 1 aliphatic rings. The molecule has 1 aromatic carbocycles. The van der Waals surface area contributed by atoms with Crippen LogP contribution in [0.5, 0.6) is 0 Å². The normalized spacial score (nSPS) is 18.5. The molecule has 1 saturated heterocycles. The first-order valence-electron chi connectivity index (χ1n) is 10.2. The number of para-hydroxylation sites is 1. The predicted octanol–water partition coefficient (Wildman–Crippen LogP) is 5.11. The van der Waals surface area contributed by atoms with E-state index >= 15 is 0 Å². The second kappa shape index (κ2) is 9.34. The van der Waals surface area contributed by atoms with Gasteiger partial charge in [0, 0.05) is 45.5 Å². The van der Waals surface area contributed by atoms with Crippen molar-refractivity contribution in [3.8, 4) is 0 Å². The molecule has 1 aliphatic heterocycles. The van der Waals surface area contributed by atoms with E-state index in [1.807, 2.05) is 36.5 Å². The van der Waals surface area contributed by atoms with E-state index in [0.29, 0.717) is 0 Å². The summed E-state index contributed by atoms with van der Waals surface area (Å²) in [5, 5.41) is 7.84. The van der Waals surface area contributed by atoms with E-state index < -0.39 is 0 Å². The van der Waals surface area contributed by atoms with Crippen LogP contribution in [0.25, 0.3) is 0 Å². The topological polar surface area (TPSA) is 56.0 Å². The Morgan fingerprint density at radius 1 is 1.10 bits per heavy atom. The first kappa shape index (κ1) is 21.1. The van der Waals surface area contributed by atoms with Crippen molar-refractivity contribution in [3.63, 3.8) is 0 Å². The smallest absolute Gasteiger partial charge is 0.170 e. The molecule has 7 heteroatoms. The average Bonchev–Trinajstić information content (AvgIpc) is 3.21. The Labute approximate surface area is 196 Å². The van der Waals surface area contributed by atoms with Crippen molar-refractivity contribution in [3.05, 3.63) is 80.9 Å². The second-order valence-electron chi connectivity index (χ2n) is 7.57. The number of hydrogen-bond donors (Lipinski definition) is 3. The summed E-state index contributed by atoms with van der Waals surface area (Å²) in [6.45, 7) is 6.05. The van der Waals surface area contributed by atoms with Gasteiger partial charge in [0.25, 0.3) is 0 Å². The summed E-state index contributed by atoms with van der Waals surface area (Å²) in [5.74, 6) is 0. The summed E-state index contributed by atoms with van der Waals surface area (Å²) < 4.78 is 1.27. The molecular formula is C23H26IN5S. The van der Waals surface area contributed by atoms with Crippen molar-refractivity contribution < 1.29 is 0 Å². The average molecular weight is 531 g/mol. The fourth-order valence-electron chi connectivity index (χ4n) is 4.12. The number of aromatic amines is 1. The van der Waals surface area contributed by atoms with Gasteiger partial charge in [-0.05, 0) is 79.3 Å². The lowest BCUT2D eigenvalue weighted by Crippen LogP contribution is -2.32. The minimum Gasteiger partial charge on any atom is -0.385 e. The van der Waals surface area contributed by atoms with Crippen molar-refractivity contribution in [2.24, 2.45) is 0 Å². The molecule has 0 aliphatic carbocycles. The molecule has 3 aromatic rings. The van der Waals surface area contributed by atoms with Gasteiger partial charge in [0.1, 0.15) is 0 Å². The van der Waals surface area contributed by atoms with Crippen LogP contribution in [0, 0.1) is 17.4 Å². The maximum Gasteiger partial charge on any atom is 0.170 e. The summed E-state index contributed by atoms with van der Waals surface area (Å²) in [5.41, 5.74) is 5.87. The third-order valence-electron chi connectivity index (χ3n) is 5.52. The summed E-state index contributed by atoms with van der Waals surface area (Å²) in [4.78, 5) is 10.5. The van der Waals surface area contributed by atoms with Crippen LogP contribution in [0.15, 0.2) is 54.7 Å². The Hall–Kier alpha value is -2.13. The Kier molecular flexibility index (Phi) is 6.58. The van der Waals surface area contributed by atoms with Crippen LogP contribution in [0.1, 0.15) is 41.1 Å². The molecule has 0 saturated carbocycles. The van der Waals surface area contributed by atoms with Gasteiger partial charge in [-0.3, -0.25) is 4.98 Å². The predicted molar refractivity (Wildman–Crippen MR) is 135 cm³/mol. The lowest BCUT2D eigenvalue weighted by molar-refractivity contribution is 0.314. The van der Waals surface area contributed by atoms with Gasteiger partial charge < -0.3 is 20.5 Å². The van der Waals surface area contributed by atoms with E-state index in [2.05, 4.69) is 80.1 Å². The lowest BCUT2D eigenvalue weighted by atomic mass is 9.96. The number of anilines is 1. The van der Waals surface area contributed by atoms with Gasteiger partial charge in [-0.2, -0.15) is 0 Å². The minimum absolute atomic E-state index is 0.0307. The Bertz CT molecular complexity index is 1010. The molecule has 0 bridgehead atoms. The van der Waals surface area contributed by atoms with Gasteiger partial charge in [0.15, 0.2) is 5.11 Å². The zero-order valence-electron chi connectivity index (χ0n) is 17.2. The summed E-state index contributed by atoms with van der Waals surface area (Å²) in [6, 6.07) is 16.5. The molecule has 4 rings (SSSR count). The number of hydrogen-bond acceptors (Lipinski definition) is 3. The van der Waals surface area contributed by atoms with E-state index in [4.69, 9.17) is 12.2 Å². The van der Waals surface area contributed by atoms with Crippen LogP contribution in [-0.4, -0.2) is 33.1 Å². The number of thiocarbonyl (C=S) groups is 1. The Morgan fingerprint density at radius 3 is 2.53 bits per heavy atom. The van der Waals surface area contributed by atoms with Gasteiger partial charge in [0.2, 0.25) is 0 Å². The van der Waals surface area contributed by atoms with Crippen molar-refractivity contribution in [1.29, 1.82) is 0 Å². The van der Waals surface area contributed by atoms with Gasteiger partial charge in [-0.1, -0.05) is 24.3 Å². The summed E-state index contributed by atoms with van der Waals surface area (Å²) in [7, 11) is 0. The van der Waals surface area contributed by atoms with Crippen molar-refractivity contribution in [2.45, 2.75) is 32.4 Å². The number of halogens is 1. The first-order valence-corrected chi connectivity index (χ1v) is 11.7. The highest BCUT2D eigenvalue weighted by Gasteiger charge is 2.41. The highest BCUT2D eigenvalue weighted by Crippen LogP contribution is 2.42. The van der Waals surface area contributed by atoms with Crippen molar-refractivity contribution in [2.75, 3.05) is 18.4 Å². The number of rotatable bonds is 7. The molecule has 1 fully saturated rings. The standard InChI is InChI=1S/C23H26IN5S/c1-15-19(20(24)16(2)27-15)22-21(18-11-6-7-12-26-18)28-23(30)29(22)14-8-13-25-17-9-4-3-5-10-17/h3-7,9-12,21-22,25,27H,8,13-14H2,1-2H3,(H,28,30)/t21-,22+/m0/s1. The van der Waals surface area contributed by atoms with E-state index in [0.717, 1.165) is 36.0 Å². The number of H-pyrrole nitrogens is 1. The number of nitrogens with zero attached hydrogens (tertiary/aromatic N) is 2. The molecular weight excluding hydrogens is 505 g/mol. The number of nitrogens with one attached hydrogen (secondary N) is 3. The molecule has 30 heavy (non-hydrogen) atoms. The Morgan fingerprint density at radius 2 is 1.87 bits per heavy atom. The van der Waals surface area contributed by atoms with Crippen LogP contribution in [0.3, 0.4) is 0 Å². The molecule has 0 radical (unpaired) electrons. The van der Waals surface area contributed by atoms with Gasteiger partial charge >= 0.3 is 0 Å². The Balaban J connectivity index is 1.56. The van der Waals surface area contributed by atoms with Crippen LogP contribution < -0.4 is 10.6 Å². The van der Waals surface area contributed by atoms with Gasteiger partial charge in [-0.15, -0.1) is 0 Å². The molecule has 0 amide bonds. The van der Waals surface area contributed by atoms with Gasteiger partial charge in [0.05, 0.1) is 17.8 Å². The monoisotopic (exact) mass is 531 g/mol. The molecule has 5 nitrogen and oxygen atoms in total. The number of aromatic nitrogens is 2. The zero-order valence-corrected chi connectivity index (χ0v) is 20.1. The molecule has 0 unspecified atom stereocenters. The van der Waals surface area contributed by atoms with Crippen molar-refractivity contribution in [1.82, 2.24) is 20.2 Å². The molecule has 3 N–H and O–H groups in total. The van der Waals surface area contributed by atoms with E-state index in [1.54, 1.807) is 0 Å². The number of aryl methyl sites for hydroxylation is 2. The SMILES string of the molecule is Cc1[nH]c(C)c([C@@H]2[C@H](c3ccccn3)NC(=S)N2CCCNc2ccccc2)c1I. The van der Waals surface area contributed by atoms with Crippen molar-refractivity contribution >= 4 is 45.6 Å². The number of benzene rings is 1. The maximum atomic E-state index is 5.78. The quantitative estimate of drug-likeness (QED) is 0.225. The molecule has 2 atom stereocenters. The van der Waals surface area contributed by atoms with E-state index in [9.17, 15) is 0 Å². The molecule has 3 heterocycles. The van der Waals surface area contributed by atoms with Crippen LogP contribution in [-0.2, 0) is 0 Å². The van der Waals surface area contributed by atoms with E-state index in [-0.39, 0.29) is 12.1 Å². The molecule has 0 spiro atoms. The van der Waals surface area contributed by atoms with Crippen LogP contribution in [0.2, 0.25) is 0 Å². The highest BCUT2D eigenvalue weighted by molar-refractivity contribution is 14.1. The van der Waals surface area contributed by atoms with Crippen LogP contribution in [0.4, 0.5) is 5.69 Å². The largest absolute Gasteiger partial charge is 0.385 e. The highest BCUT2D eigenvalue weighted by atomic mass is 127. The van der Waals surface area contributed by atoms with Gasteiger partial charge in [-0.25, -0.2) is 0 Å². The minimum atomic E-state index is 0.0307. The molecule has 2 aromatic heterocycles. The summed E-state index contributed by atoms with van der Waals surface area (Å²) in [6.07, 6.45) is 2.84.